The lowest BCUT2D eigenvalue weighted by Gasteiger charge is -2.24. The Morgan fingerprint density at radius 2 is 1.69 bits per heavy atom. The third kappa shape index (κ3) is 6.18. The molecule has 0 unspecified atom stereocenters. The van der Waals surface area contributed by atoms with Gasteiger partial charge in [-0.25, -0.2) is 0 Å². The summed E-state index contributed by atoms with van der Waals surface area (Å²) in [5.41, 5.74) is 2.69. The predicted molar refractivity (Wildman–Crippen MR) is 141 cm³/mol. The van der Waals surface area contributed by atoms with Gasteiger partial charge in [0.05, 0.1) is 20.1 Å². The van der Waals surface area contributed by atoms with Gasteiger partial charge in [0.25, 0.3) is 5.91 Å². The van der Waals surface area contributed by atoms with Crippen LogP contribution in [0.4, 0.5) is 5.69 Å². The highest BCUT2D eigenvalue weighted by Crippen LogP contribution is 2.25. The molecule has 3 aromatic carbocycles. The minimum Gasteiger partial charge on any atom is -0.497 e. The zero-order valence-electron chi connectivity index (χ0n) is 19.3. The van der Waals surface area contributed by atoms with Gasteiger partial charge in [0.2, 0.25) is 5.91 Å². The quantitative estimate of drug-likeness (QED) is 0.417. The maximum absolute atomic E-state index is 13.4. The van der Waals surface area contributed by atoms with Gasteiger partial charge in [0.1, 0.15) is 11.8 Å². The minimum atomic E-state index is -0.670. The number of hydrogen-bond donors (Lipinski definition) is 1. The van der Waals surface area contributed by atoms with E-state index in [2.05, 4.69) is 5.32 Å². The molecule has 6 nitrogen and oxygen atoms in total. The van der Waals surface area contributed by atoms with E-state index in [1.54, 1.807) is 36.3 Å². The Labute approximate surface area is 215 Å². The van der Waals surface area contributed by atoms with Crippen molar-refractivity contribution in [3.05, 3.63) is 95.0 Å². The molecule has 2 amide bonds. The fourth-order valence-electron chi connectivity index (χ4n) is 4.02. The van der Waals surface area contributed by atoms with Crippen LogP contribution in [0.2, 0.25) is 5.02 Å². The topological polar surface area (TPSA) is 61.9 Å². The van der Waals surface area contributed by atoms with Gasteiger partial charge in [-0.2, -0.15) is 0 Å². The van der Waals surface area contributed by atoms with Crippen molar-refractivity contribution in [3.63, 3.8) is 0 Å². The summed E-state index contributed by atoms with van der Waals surface area (Å²) < 4.78 is 5.23. The van der Waals surface area contributed by atoms with Gasteiger partial charge in [-0.3, -0.25) is 14.5 Å². The Kier molecular flexibility index (Phi) is 8.00. The summed E-state index contributed by atoms with van der Waals surface area (Å²) >= 11 is 11.7. The maximum atomic E-state index is 13.4. The van der Waals surface area contributed by atoms with Crippen molar-refractivity contribution in [3.8, 4) is 5.75 Å². The first-order valence-corrected chi connectivity index (χ1v) is 12.1. The number of carbonyl (C=O) groups excluding carboxylic acids is 2. The monoisotopic (exact) mass is 507 g/mol. The number of methoxy groups -OCH3 is 1. The van der Waals surface area contributed by atoms with Crippen LogP contribution in [-0.4, -0.2) is 46.4 Å². The Balaban J connectivity index is 1.50. The summed E-state index contributed by atoms with van der Waals surface area (Å²) in [6.07, 6.45) is 0.668. The van der Waals surface area contributed by atoms with Gasteiger partial charge in [0, 0.05) is 17.3 Å². The molecule has 0 bridgehead atoms. The van der Waals surface area contributed by atoms with Crippen LogP contribution in [0.15, 0.2) is 78.9 Å². The Morgan fingerprint density at radius 3 is 2.34 bits per heavy atom. The third-order valence-corrected chi connectivity index (χ3v) is 6.60. The van der Waals surface area contributed by atoms with Crippen LogP contribution >= 0.6 is 23.8 Å². The normalized spacial score (nSPS) is 15.4. The zero-order chi connectivity index (χ0) is 24.8. The molecule has 0 radical (unpaired) electrons. The fourth-order valence-corrected chi connectivity index (χ4v) is 4.52. The van der Waals surface area contributed by atoms with Crippen LogP contribution in [0.3, 0.4) is 0 Å². The van der Waals surface area contributed by atoms with Crippen LogP contribution in [0.5, 0.6) is 5.75 Å². The number of hydrogen-bond acceptors (Lipinski definition) is 4. The number of benzene rings is 3. The second-order valence-electron chi connectivity index (χ2n) is 8.26. The molecule has 35 heavy (non-hydrogen) atoms. The molecule has 3 aromatic rings. The van der Waals surface area contributed by atoms with Gasteiger partial charge in [-0.1, -0.05) is 54.1 Å². The van der Waals surface area contributed by atoms with E-state index < -0.39 is 6.04 Å². The maximum Gasteiger partial charge on any atom is 0.252 e. The summed E-state index contributed by atoms with van der Waals surface area (Å²) in [6.45, 7) is 0.883. The van der Waals surface area contributed by atoms with E-state index in [-0.39, 0.29) is 18.2 Å². The molecule has 1 heterocycles. The second-order valence-corrected chi connectivity index (χ2v) is 9.06. The minimum absolute atomic E-state index is 0.00446. The lowest BCUT2D eigenvalue weighted by Crippen LogP contribution is -2.39. The van der Waals surface area contributed by atoms with Crippen LogP contribution in [0.1, 0.15) is 17.5 Å². The molecular formula is C27H26ClN3O3S. The zero-order valence-corrected chi connectivity index (χ0v) is 20.9. The van der Waals surface area contributed by atoms with Crippen LogP contribution in [0, 0.1) is 0 Å². The summed E-state index contributed by atoms with van der Waals surface area (Å²) in [7, 11) is 1.63. The number of carbonyl (C=O) groups is 2. The molecule has 1 atom stereocenters. The molecular weight excluding hydrogens is 482 g/mol. The molecule has 1 fully saturated rings. The van der Waals surface area contributed by atoms with Crippen molar-refractivity contribution in [2.45, 2.75) is 25.4 Å². The Morgan fingerprint density at radius 1 is 1.00 bits per heavy atom. The molecule has 0 spiro atoms. The van der Waals surface area contributed by atoms with Gasteiger partial charge in [-0.05, 0) is 66.2 Å². The molecule has 4 rings (SSSR count). The molecule has 1 N–H and O–H groups in total. The standard InChI is InChI=1S/C27H26ClN3O3S/c1-34-23-13-7-19(8-14-23)15-16-30-24(17-25(32)29-22-11-9-21(28)10-12-22)26(33)31(27(30)35)18-20-5-3-2-4-6-20/h2-14,24H,15-18H2,1H3,(H,29,32)/t24-/m1/s1. The van der Waals surface area contributed by atoms with Gasteiger partial charge in [0.15, 0.2) is 5.11 Å². The Bertz CT molecular complexity index is 1190. The van der Waals surface area contributed by atoms with Crippen molar-refractivity contribution in [1.29, 1.82) is 0 Å². The van der Waals surface area contributed by atoms with E-state index >= 15 is 0 Å². The molecule has 1 saturated heterocycles. The predicted octanol–water partition coefficient (Wildman–Crippen LogP) is 4.92. The molecule has 0 aromatic heterocycles. The lowest BCUT2D eigenvalue weighted by atomic mass is 10.1. The molecule has 1 aliphatic rings. The summed E-state index contributed by atoms with van der Waals surface area (Å²) in [6, 6.07) is 23.7. The number of nitrogens with zero attached hydrogens (tertiary/aromatic N) is 2. The average Bonchev–Trinajstić information content (AvgIpc) is 3.08. The van der Waals surface area contributed by atoms with Crippen LogP contribution in [-0.2, 0) is 22.6 Å². The number of rotatable bonds is 9. The van der Waals surface area contributed by atoms with E-state index in [1.165, 1.54) is 0 Å². The Hall–Kier alpha value is -3.42. The van der Waals surface area contributed by atoms with E-state index in [4.69, 9.17) is 28.6 Å². The number of amides is 2. The van der Waals surface area contributed by atoms with Gasteiger partial charge >= 0.3 is 0 Å². The second kappa shape index (κ2) is 11.3. The molecule has 0 aliphatic carbocycles. The van der Waals surface area contributed by atoms with E-state index in [0.29, 0.717) is 35.3 Å². The SMILES string of the molecule is COc1ccc(CCN2C(=S)N(Cc3ccccc3)C(=O)[C@H]2CC(=O)Nc2ccc(Cl)cc2)cc1. The van der Waals surface area contributed by atoms with Crippen LogP contribution in [0.25, 0.3) is 0 Å². The first-order valence-electron chi connectivity index (χ1n) is 11.3. The molecule has 1 aliphatic heterocycles. The number of ether oxygens (including phenoxy) is 1. The summed E-state index contributed by atoms with van der Waals surface area (Å²) in [4.78, 5) is 29.8. The van der Waals surface area contributed by atoms with Gasteiger partial charge in [-0.15, -0.1) is 0 Å². The van der Waals surface area contributed by atoms with Crippen LogP contribution < -0.4 is 10.1 Å². The van der Waals surface area contributed by atoms with Crippen molar-refractivity contribution >= 4 is 46.4 Å². The van der Waals surface area contributed by atoms with E-state index in [9.17, 15) is 9.59 Å². The van der Waals surface area contributed by atoms with Crippen molar-refractivity contribution in [1.82, 2.24) is 9.80 Å². The first-order chi connectivity index (χ1) is 16.9. The van der Waals surface area contributed by atoms with Crippen molar-refractivity contribution < 1.29 is 14.3 Å². The number of anilines is 1. The molecule has 8 heteroatoms. The van der Waals surface area contributed by atoms with Crippen molar-refractivity contribution in [2.24, 2.45) is 0 Å². The molecule has 180 valence electrons. The number of nitrogens with one attached hydrogen (secondary N) is 1. The highest BCUT2D eigenvalue weighted by atomic mass is 35.5. The van der Waals surface area contributed by atoms with E-state index in [0.717, 1.165) is 16.9 Å². The number of halogens is 1. The highest BCUT2D eigenvalue weighted by molar-refractivity contribution is 7.80. The highest BCUT2D eigenvalue weighted by Gasteiger charge is 2.43. The van der Waals surface area contributed by atoms with Crippen molar-refractivity contribution in [2.75, 3.05) is 19.0 Å². The third-order valence-electron chi connectivity index (χ3n) is 5.89. The van der Waals surface area contributed by atoms with E-state index in [1.807, 2.05) is 59.5 Å². The fraction of sp³-hybridized carbons (Fsp3) is 0.222. The smallest absolute Gasteiger partial charge is 0.252 e. The first kappa shape index (κ1) is 24.7. The largest absolute Gasteiger partial charge is 0.497 e. The molecule has 0 saturated carbocycles. The average molecular weight is 508 g/mol. The summed E-state index contributed by atoms with van der Waals surface area (Å²) in [5, 5.41) is 3.88. The van der Waals surface area contributed by atoms with Gasteiger partial charge < -0.3 is 15.0 Å². The summed E-state index contributed by atoms with van der Waals surface area (Å²) in [5.74, 6) is 0.357. The number of thiocarbonyl (C=S) groups is 1. The lowest BCUT2D eigenvalue weighted by molar-refractivity contribution is -0.131.